The van der Waals surface area contributed by atoms with Crippen LogP contribution < -0.4 is 0 Å². The summed E-state index contributed by atoms with van der Waals surface area (Å²) in [4.78, 5) is 13.4. The highest BCUT2D eigenvalue weighted by molar-refractivity contribution is 5.88. The number of benzene rings is 2. The first-order valence-electron chi connectivity index (χ1n) is 10.3. The fourth-order valence-corrected chi connectivity index (χ4v) is 4.09. The summed E-state index contributed by atoms with van der Waals surface area (Å²) >= 11 is 0. The van der Waals surface area contributed by atoms with E-state index in [1.54, 1.807) is 12.0 Å². The van der Waals surface area contributed by atoms with Gasteiger partial charge in [-0.15, -0.1) is 0 Å². The summed E-state index contributed by atoms with van der Waals surface area (Å²) in [6, 6.07) is 17.0. The molecule has 1 saturated carbocycles. The molecule has 1 aliphatic rings. The Labute approximate surface area is 171 Å². The highest BCUT2D eigenvalue weighted by atomic mass is 16.5. The largest absolute Gasteiger partial charge is 0.465 e. The van der Waals surface area contributed by atoms with E-state index < -0.39 is 6.09 Å². The van der Waals surface area contributed by atoms with Crippen LogP contribution in [0.1, 0.15) is 36.0 Å². The van der Waals surface area contributed by atoms with Crippen LogP contribution in [0.2, 0.25) is 0 Å². The molecule has 1 N–H and O–H groups in total. The Hall–Kier alpha value is -2.79. The summed E-state index contributed by atoms with van der Waals surface area (Å²) in [5, 5.41) is 10.9. The van der Waals surface area contributed by atoms with Crippen molar-refractivity contribution in [2.75, 3.05) is 13.7 Å². The van der Waals surface area contributed by atoms with Gasteiger partial charge in [-0.25, -0.2) is 4.79 Å². The van der Waals surface area contributed by atoms with Gasteiger partial charge in [-0.3, -0.25) is 0 Å². The van der Waals surface area contributed by atoms with Crippen LogP contribution in [0.4, 0.5) is 4.79 Å². The summed E-state index contributed by atoms with van der Waals surface area (Å²) in [5.74, 6) is 0. The third kappa shape index (κ3) is 4.46. The smallest absolute Gasteiger partial charge is 0.407 e. The normalized spacial score (nSPS) is 13.7. The van der Waals surface area contributed by atoms with E-state index in [1.807, 2.05) is 6.07 Å². The summed E-state index contributed by atoms with van der Waals surface area (Å²) in [5.41, 5.74) is 4.77. The van der Waals surface area contributed by atoms with Gasteiger partial charge in [-0.2, -0.15) is 0 Å². The number of carbonyl (C=O) groups is 1. The van der Waals surface area contributed by atoms with Crippen molar-refractivity contribution in [1.82, 2.24) is 9.47 Å². The first-order valence-corrected chi connectivity index (χ1v) is 10.3. The maximum atomic E-state index is 11.8. The first-order chi connectivity index (χ1) is 14.2. The van der Waals surface area contributed by atoms with E-state index in [4.69, 9.17) is 4.74 Å². The van der Waals surface area contributed by atoms with E-state index in [1.165, 1.54) is 22.0 Å². The minimum atomic E-state index is -0.826. The van der Waals surface area contributed by atoms with Gasteiger partial charge in [0.15, 0.2) is 0 Å². The Bertz CT molecular complexity index is 976. The fraction of sp³-hybridized carbons (Fsp3) is 0.375. The molecule has 4 rings (SSSR count). The SMILES string of the molecule is COCCCn1cc(CN(C(=O)O)C2CC2)c2c(Cc3ccccc3)cccc21. The molecule has 1 amide bonds. The van der Waals surface area contributed by atoms with Crippen LogP contribution in [0.5, 0.6) is 0 Å². The van der Waals surface area contributed by atoms with E-state index >= 15 is 0 Å². The van der Waals surface area contributed by atoms with Gasteiger partial charge in [0, 0.05) is 43.4 Å². The number of methoxy groups -OCH3 is 1. The molecule has 0 radical (unpaired) electrons. The molecule has 5 heteroatoms. The molecule has 3 aromatic rings. The van der Waals surface area contributed by atoms with Crippen LogP contribution in [0, 0.1) is 0 Å². The number of hydrogen-bond acceptors (Lipinski definition) is 2. The maximum absolute atomic E-state index is 11.8. The van der Waals surface area contributed by atoms with Gasteiger partial charge in [0.2, 0.25) is 0 Å². The van der Waals surface area contributed by atoms with Gasteiger partial charge >= 0.3 is 6.09 Å². The van der Waals surface area contributed by atoms with Gasteiger partial charge in [0.25, 0.3) is 0 Å². The van der Waals surface area contributed by atoms with Crippen LogP contribution in [-0.2, 0) is 24.2 Å². The van der Waals surface area contributed by atoms with E-state index in [9.17, 15) is 9.90 Å². The minimum Gasteiger partial charge on any atom is -0.465 e. The van der Waals surface area contributed by atoms with Gasteiger partial charge < -0.3 is 19.3 Å². The van der Waals surface area contributed by atoms with Crippen molar-refractivity contribution in [3.8, 4) is 0 Å². The van der Waals surface area contributed by atoms with Crippen LogP contribution in [0.25, 0.3) is 10.9 Å². The number of carboxylic acid groups (broad SMARTS) is 1. The zero-order valence-electron chi connectivity index (χ0n) is 16.9. The molecule has 29 heavy (non-hydrogen) atoms. The predicted octanol–water partition coefficient (Wildman–Crippen LogP) is 4.91. The van der Waals surface area contributed by atoms with Crippen molar-refractivity contribution < 1.29 is 14.6 Å². The number of rotatable bonds is 9. The lowest BCUT2D eigenvalue weighted by molar-refractivity contribution is 0.139. The third-order valence-corrected chi connectivity index (χ3v) is 5.63. The average molecular weight is 392 g/mol. The van der Waals surface area contributed by atoms with Crippen molar-refractivity contribution in [1.29, 1.82) is 0 Å². The molecule has 0 atom stereocenters. The molecule has 1 aliphatic carbocycles. The molecule has 2 aromatic carbocycles. The number of aryl methyl sites for hydroxylation is 1. The molecule has 1 fully saturated rings. The van der Waals surface area contributed by atoms with Crippen LogP contribution in [0.15, 0.2) is 54.7 Å². The molecule has 0 spiro atoms. The molecule has 5 nitrogen and oxygen atoms in total. The van der Waals surface area contributed by atoms with Crippen LogP contribution in [0.3, 0.4) is 0 Å². The number of ether oxygens (including phenoxy) is 1. The highest BCUT2D eigenvalue weighted by Crippen LogP contribution is 2.33. The monoisotopic (exact) mass is 392 g/mol. The van der Waals surface area contributed by atoms with Gasteiger partial charge in [0.05, 0.1) is 6.54 Å². The van der Waals surface area contributed by atoms with Gasteiger partial charge in [-0.1, -0.05) is 42.5 Å². The van der Waals surface area contributed by atoms with Gasteiger partial charge in [-0.05, 0) is 48.4 Å². The Morgan fingerprint density at radius 1 is 1.14 bits per heavy atom. The molecular weight excluding hydrogens is 364 g/mol. The summed E-state index contributed by atoms with van der Waals surface area (Å²) < 4.78 is 7.48. The standard InChI is InChI=1S/C24H28N2O3/c1-29-14-6-13-25-16-20(17-26(24(27)28)21-11-12-21)23-19(9-5-10-22(23)25)15-18-7-3-2-4-8-18/h2-5,7-10,16,21H,6,11-15,17H2,1H3,(H,27,28). The lowest BCUT2D eigenvalue weighted by Crippen LogP contribution is -2.30. The molecule has 1 aromatic heterocycles. The number of aromatic nitrogens is 1. The quantitative estimate of drug-likeness (QED) is 0.526. The Morgan fingerprint density at radius 3 is 2.62 bits per heavy atom. The van der Waals surface area contributed by atoms with Crippen molar-refractivity contribution in [3.63, 3.8) is 0 Å². The Balaban J connectivity index is 1.73. The molecule has 0 saturated heterocycles. The maximum Gasteiger partial charge on any atom is 0.407 e. The lowest BCUT2D eigenvalue weighted by Gasteiger charge is -2.18. The Morgan fingerprint density at radius 2 is 1.93 bits per heavy atom. The summed E-state index contributed by atoms with van der Waals surface area (Å²) in [6.07, 6.45) is 5.02. The second kappa shape index (κ2) is 8.70. The molecule has 0 bridgehead atoms. The molecule has 1 heterocycles. The molecular formula is C24H28N2O3. The molecule has 152 valence electrons. The zero-order valence-corrected chi connectivity index (χ0v) is 16.9. The van der Waals surface area contributed by atoms with E-state index in [0.29, 0.717) is 13.2 Å². The third-order valence-electron chi connectivity index (χ3n) is 5.63. The average Bonchev–Trinajstić information content (AvgIpc) is 3.50. The fourth-order valence-electron chi connectivity index (χ4n) is 4.09. The summed E-state index contributed by atoms with van der Waals surface area (Å²) in [6.45, 7) is 2.01. The first kappa shape index (κ1) is 19.5. The topological polar surface area (TPSA) is 54.7 Å². The Kier molecular flexibility index (Phi) is 5.86. The van der Waals surface area contributed by atoms with Crippen LogP contribution in [-0.4, -0.2) is 40.4 Å². The van der Waals surface area contributed by atoms with Crippen LogP contribution >= 0.6 is 0 Å². The second-order valence-corrected chi connectivity index (χ2v) is 7.81. The van der Waals surface area contributed by atoms with Crippen molar-refractivity contribution in [3.05, 3.63) is 71.4 Å². The second-order valence-electron chi connectivity index (χ2n) is 7.81. The number of hydrogen-bond donors (Lipinski definition) is 1. The van der Waals surface area contributed by atoms with Crippen molar-refractivity contribution in [2.45, 2.75) is 44.8 Å². The van der Waals surface area contributed by atoms with E-state index in [2.05, 4.69) is 53.2 Å². The predicted molar refractivity (Wildman–Crippen MR) is 114 cm³/mol. The highest BCUT2D eigenvalue weighted by Gasteiger charge is 2.33. The minimum absolute atomic E-state index is 0.167. The molecule has 0 aliphatic heterocycles. The van der Waals surface area contributed by atoms with E-state index in [0.717, 1.165) is 37.8 Å². The number of nitrogens with zero attached hydrogens (tertiary/aromatic N) is 2. The van der Waals surface area contributed by atoms with Crippen molar-refractivity contribution >= 4 is 17.0 Å². The van der Waals surface area contributed by atoms with Crippen molar-refractivity contribution in [2.24, 2.45) is 0 Å². The number of fused-ring (bicyclic) bond motifs is 1. The molecule has 0 unspecified atom stereocenters. The van der Waals surface area contributed by atoms with E-state index in [-0.39, 0.29) is 6.04 Å². The van der Waals surface area contributed by atoms with Gasteiger partial charge in [0.1, 0.15) is 0 Å². The lowest BCUT2D eigenvalue weighted by atomic mass is 9.99. The summed E-state index contributed by atoms with van der Waals surface area (Å²) in [7, 11) is 1.72. The number of amides is 1. The zero-order chi connectivity index (χ0) is 20.2.